The zero-order valence-electron chi connectivity index (χ0n) is 18.2. The number of imidazole rings is 1. The maximum atomic E-state index is 13.3. The van der Waals surface area contributed by atoms with E-state index < -0.39 is 9.84 Å². The molecule has 1 N–H and O–H groups in total. The first-order valence-electron chi connectivity index (χ1n) is 10.5. The van der Waals surface area contributed by atoms with Crippen LogP contribution in [0.1, 0.15) is 41.7 Å². The number of aromatic nitrogens is 3. The van der Waals surface area contributed by atoms with Gasteiger partial charge in [0.25, 0.3) is 5.91 Å². The van der Waals surface area contributed by atoms with Crippen LogP contribution in [0, 0.1) is 5.82 Å². The van der Waals surface area contributed by atoms with Gasteiger partial charge in [0.15, 0.2) is 14.9 Å². The van der Waals surface area contributed by atoms with Crippen LogP contribution in [-0.2, 0) is 9.84 Å². The first-order chi connectivity index (χ1) is 15.8. The van der Waals surface area contributed by atoms with E-state index in [1.54, 1.807) is 47.1 Å². The van der Waals surface area contributed by atoms with Crippen molar-refractivity contribution in [3.8, 4) is 11.4 Å². The summed E-state index contributed by atoms with van der Waals surface area (Å²) in [7, 11) is -3.40. The number of rotatable bonds is 7. The molecular formula is C24H23FN4O3S. The number of halogens is 1. The number of hydrogen-bond acceptors (Lipinski definition) is 5. The fraction of sp³-hybridized carbons (Fsp3) is 0.208. The number of benzene rings is 1. The van der Waals surface area contributed by atoms with Crippen molar-refractivity contribution in [1.29, 1.82) is 0 Å². The SMILES string of the molecule is CCCC(NC(=O)c1cccn2c(-c3ccc(F)cc3)ncc12)c1ccc(S(C)(=O)=O)nc1. The van der Waals surface area contributed by atoms with Gasteiger partial charge in [-0.2, -0.15) is 0 Å². The zero-order chi connectivity index (χ0) is 23.6. The molecule has 1 atom stereocenters. The molecule has 0 bridgehead atoms. The van der Waals surface area contributed by atoms with E-state index in [4.69, 9.17) is 0 Å². The molecule has 0 aliphatic carbocycles. The van der Waals surface area contributed by atoms with Gasteiger partial charge in [-0.15, -0.1) is 0 Å². The van der Waals surface area contributed by atoms with E-state index in [0.29, 0.717) is 23.3 Å². The van der Waals surface area contributed by atoms with Crippen LogP contribution in [0.3, 0.4) is 0 Å². The summed E-state index contributed by atoms with van der Waals surface area (Å²) in [6.07, 6.45) is 7.48. The molecule has 3 heterocycles. The minimum atomic E-state index is -3.40. The number of nitrogens with one attached hydrogen (secondary N) is 1. The fourth-order valence-corrected chi connectivity index (χ4v) is 4.25. The van der Waals surface area contributed by atoms with Crippen molar-refractivity contribution in [3.05, 3.63) is 84.1 Å². The van der Waals surface area contributed by atoms with Crippen LogP contribution in [0.2, 0.25) is 0 Å². The van der Waals surface area contributed by atoms with E-state index in [0.717, 1.165) is 23.8 Å². The number of hydrogen-bond donors (Lipinski definition) is 1. The number of carbonyl (C=O) groups is 1. The van der Waals surface area contributed by atoms with Crippen LogP contribution in [0.5, 0.6) is 0 Å². The lowest BCUT2D eigenvalue weighted by atomic mass is 10.0. The summed E-state index contributed by atoms with van der Waals surface area (Å²) < 4.78 is 38.5. The van der Waals surface area contributed by atoms with Crippen molar-refractivity contribution in [1.82, 2.24) is 19.7 Å². The number of pyridine rings is 2. The van der Waals surface area contributed by atoms with Gasteiger partial charge < -0.3 is 5.32 Å². The number of amides is 1. The summed E-state index contributed by atoms with van der Waals surface area (Å²) in [6.45, 7) is 2.00. The van der Waals surface area contributed by atoms with Crippen molar-refractivity contribution in [2.75, 3.05) is 6.26 Å². The number of fused-ring (bicyclic) bond motifs is 1. The van der Waals surface area contributed by atoms with Crippen molar-refractivity contribution in [2.24, 2.45) is 0 Å². The van der Waals surface area contributed by atoms with Crippen molar-refractivity contribution in [3.63, 3.8) is 0 Å². The summed E-state index contributed by atoms with van der Waals surface area (Å²) in [4.78, 5) is 21.7. The topological polar surface area (TPSA) is 93.4 Å². The third-order valence-electron chi connectivity index (χ3n) is 5.34. The highest BCUT2D eigenvalue weighted by atomic mass is 32.2. The monoisotopic (exact) mass is 466 g/mol. The Labute approximate surface area is 191 Å². The molecule has 0 aliphatic rings. The average molecular weight is 467 g/mol. The standard InChI is InChI=1S/C24H23FN4O3S/c1-3-5-20(17-9-12-22(26-14-17)33(2,31)32)28-24(30)19-6-4-13-29-21(19)15-27-23(29)16-7-10-18(25)11-8-16/h4,6-15,20H,3,5H2,1-2H3,(H,28,30). The minimum absolute atomic E-state index is 0.00910. The van der Waals surface area contributed by atoms with E-state index >= 15 is 0 Å². The third-order valence-corrected chi connectivity index (χ3v) is 6.34. The molecule has 3 aromatic heterocycles. The Hall–Kier alpha value is -3.59. The molecule has 9 heteroatoms. The molecule has 170 valence electrons. The molecule has 0 radical (unpaired) electrons. The number of nitrogens with zero attached hydrogens (tertiary/aromatic N) is 3. The van der Waals surface area contributed by atoms with Gasteiger partial charge in [0.2, 0.25) is 0 Å². The Morgan fingerprint density at radius 1 is 1.09 bits per heavy atom. The largest absolute Gasteiger partial charge is 0.345 e. The molecule has 1 amide bonds. The molecule has 33 heavy (non-hydrogen) atoms. The van der Waals surface area contributed by atoms with E-state index in [9.17, 15) is 17.6 Å². The molecule has 4 aromatic rings. The maximum Gasteiger partial charge on any atom is 0.253 e. The average Bonchev–Trinajstić information content (AvgIpc) is 3.23. The summed E-state index contributed by atoms with van der Waals surface area (Å²) in [5.41, 5.74) is 2.52. The number of sulfone groups is 1. The molecule has 0 saturated carbocycles. The Balaban J connectivity index is 1.64. The van der Waals surface area contributed by atoms with Crippen LogP contribution >= 0.6 is 0 Å². The van der Waals surface area contributed by atoms with Gasteiger partial charge in [-0.05, 0) is 54.4 Å². The second kappa shape index (κ2) is 9.11. The van der Waals surface area contributed by atoms with Gasteiger partial charge in [-0.3, -0.25) is 9.20 Å². The molecular weight excluding hydrogens is 443 g/mol. The van der Waals surface area contributed by atoms with E-state index in [1.165, 1.54) is 24.4 Å². The predicted octanol–water partition coefficient (Wildman–Crippen LogP) is 4.21. The first-order valence-corrected chi connectivity index (χ1v) is 12.4. The molecule has 4 rings (SSSR count). The molecule has 7 nitrogen and oxygen atoms in total. The summed E-state index contributed by atoms with van der Waals surface area (Å²) in [5.74, 6) is -0.0113. The fourth-order valence-electron chi connectivity index (χ4n) is 3.69. The predicted molar refractivity (Wildman–Crippen MR) is 123 cm³/mol. The molecule has 0 saturated heterocycles. The second-order valence-electron chi connectivity index (χ2n) is 7.78. The molecule has 0 spiro atoms. The normalized spacial score (nSPS) is 12.6. The zero-order valence-corrected chi connectivity index (χ0v) is 19.0. The molecule has 0 fully saturated rings. The lowest BCUT2D eigenvalue weighted by Gasteiger charge is -2.19. The summed E-state index contributed by atoms with van der Waals surface area (Å²) in [6, 6.07) is 12.3. The van der Waals surface area contributed by atoms with Gasteiger partial charge in [0.1, 0.15) is 11.6 Å². The van der Waals surface area contributed by atoms with Crippen LogP contribution in [0.15, 0.2) is 72.1 Å². The molecule has 1 unspecified atom stereocenters. The Morgan fingerprint density at radius 3 is 2.48 bits per heavy atom. The van der Waals surface area contributed by atoms with Gasteiger partial charge in [0.05, 0.1) is 23.3 Å². The van der Waals surface area contributed by atoms with E-state index in [2.05, 4.69) is 15.3 Å². The quantitative estimate of drug-likeness (QED) is 0.440. The highest BCUT2D eigenvalue weighted by Crippen LogP contribution is 2.24. The lowest BCUT2D eigenvalue weighted by Crippen LogP contribution is -2.29. The van der Waals surface area contributed by atoms with Crippen molar-refractivity contribution in [2.45, 2.75) is 30.8 Å². The van der Waals surface area contributed by atoms with E-state index in [-0.39, 0.29) is 22.8 Å². The summed E-state index contributed by atoms with van der Waals surface area (Å²) in [5, 5.41) is 3.03. The van der Waals surface area contributed by atoms with Gasteiger partial charge in [0, 0.05) is 24.2 Å². The van der Waals surface area contributed by atoms with Crippen molar-refractivity contribution >= 4 is 21.3 Å². The van der Waals surface area contributed by atoms with Crippen molar-refractivity contribution < 1.29 is 17.6 Å². The number of carbonyl (C=O) groups excluding carboxylic acids is 1. The van der Waals surface area contributed by atoms with E-state index in [1.807, 2.05) is 6.92 Å². The summed E-state index contributed by atoms with van der Waals surface area (Å²) >= 11 is 0. The highest BCUT2D eigenvalue weighted by Gasteiger charge is 2.20. The Kier molecular flexibility index (Phi) is 6.24. The Morgan fingerprint density at radius 2 is 1.85 bits per heavy atom. The first kappa shape index (κ1) is 22.6. The molecule has 0 aliphatic heterocycles. The smallest absolute Gasteiger partial charge is 0.253 e. The second-order valence-corrected chi connectivity index (χ2v) is 9.75. The van der Waals surface area contributed by atoms with Crippen LogP contribution < -0.4 is 5.32 Å². The maximum absolute atomic E-state index is 13.3. The Bertz CT molecular complexity index is 1400. The highest BCUT2D eigenvalue weighted by molar-refractivity contribution is 7.90. The van der Waals surface area contributed by atoms with Gasteiger partial charge >= 0.3 is 0 Å². The van der Waals surface area contributed by atoms with Crippen LogP contribution in [-0.4, -0.2) is 34.9 Å². The van der Waals surface area contributed by atoms with Gasteiger partial charge in [-0.1, -0.05) is 19.4 Å². The minimum Gasteiger partial charge on any atom is -0.345 e. The van der Waals surface area contributed by atoms with Gasteiger partial charge in [-0.25, -0.2) is 22.8 Å². The third kappa shape index (κ3) is 4.78. The van der Waals surface area contributed by atoms with Crippen LogP contribution in [0.25, 0.3) is 16.9 Å². The molecule has 1 aromatic carbocycles. The van der Waals surface area contributed by atoms with Crippen LogP contribution in [0.4, 0.5) is 4.39 Å². The lowest BCUT2D eigenvalue weighted by molar-refractivity contribution is 0.0935.